The zero-order chi connectivity index (χ0) is 19.1. The molecular weight excluding hydrogens is 390 g/mol. The number of hydrogen-bond acceptors (Lipinski definition) is 3. The van der Waals surface area contributed by atoms with Crippen LogP contribution < -0.4 is 5.56 Å². The summed E-state index contributed by atoms with van der Waals surface area (Å²) in [5.74, 6) is 0. The number of pyridine rings is 1. The minimum absolute atomic E-state index is 0.154. The number of aromatic nitrogens is 3. The lowest BCUT2D eigenvalue weighted by Gasteiger charge is -2.12. The van der Waals surface area contributed by atoms with Crippen LogP contribution in [0.5, 0.6) is 0 Å². The fourth-order valence-electron chi connectivity index (χ4n) is 3.31. The quantitative estimate of drug-likeness (QED) is 0.395. The SMILES string of the molecule is O=c1[nH]c2ccc(Cl)cc2c(-c2ccccc2)c1Sc1nc2ccccc2[nH]1. The van der Waals surface area contributed by atoms with Gasteiger partial charge < -0.3 is 9.97 Å². The zero-order valence-corrected chi connectivity index (χ0v) is 16.1. The Kier molecular flexibility index (Phi) is 4.19. The summed E-state index contributed by atoms with van der Waals surface area (Å²) in [6.45, 7) is 0. The van der Waals surface area contributed by atoms with E-state index in [1.54, 1.807) is 6.07 Å². The maximum absolute atomic E-state index is 13.0. The molecule has 6 heteroatoms. The molecule has 0 fully saturated rings. The van der Waals surface area contributed by atoms with Crippen LogP contribution in [-0.4, -0.2) is 15.0 Å². The molecule has 0 amide bonds. The third kappa shape index (κ3) is 2.99. The molecule has 4 nitrogen and oxygen atoms in total. The highest BCUT2D eigenvalue weighted by molar-refractivity contribution is 7.99. The number of aromatic amines is 2. The molecule has 0 bridgehead atoms. The number of benzene rings is 3. The topological polar surface area (TPSA) is 61.5 Å². The Hall–Kier alpha value is -3.02. The molecule has 0 radical (unpaired) electrons. The molecule has 0 aliphatic heterocycles. The van der Waals surface area contributed by atoms with E-state index in [0.717, 1.165) is 33.1 Å². The van der Waals surface area contributed by atoms with Gasteiger partial charge >= 0.3 is 0 Å². The van der Waals surface area contributed by atoms with E-state index in [1.165, 1.54) is 11.8 Å². The molecule has 0 spiro atoms. The van der Waals surface area contributed by atoms with Crippen LogP contribution in [0.1, 0.15) is 0 Å². The lowest BCUT2D eigenvalue weighted by molar-refractivity contribution is 1.07. The molecule has 136 valence electrons. The van der Waals surface area contributed by atoms with Crippen molar-refractivity contribution < 1.29 is 0 Å². The highest BCUT2D eigenvalue weighted by Gasteiger charge is 2.17. The summed E-state index contributed by atoms with van der Waals surface area (Å²) in [5, 5.41) is 2.19. The van der Waals surface area contributed by atoms with Crippen molar-refractivity contribution in [2.75, 3.05) is 0 Å². The van der Waals surface area contributed by atoms with Gasteiger partial charge in [0.05, 0.1) is 15.9 Å². The van der Waals surface area contributed by atoms with Crippen molar-refractivity contribution in [3.05, 3.63) is 88.2 Å². The van der Waals surface area contributed by atoms with E-state index in [9.17, 15) is 4.79 Å². The van der Waals surface area contributed by atoms with Gasteiger partial charge in [-0.2, -0.15) is 0 Å². The average molecular weight is 404 g/mol. The Bertz CT molecular complexity index is 1340. The smallest absolute Gasteiger partial charge is 0.263 e. The van der Waals surface area contributed by atoms with Crippen LogP contribution in [0, 0.1) is 0 Å². The number of hydrogen-bond donors (Lipinski definition) is 2. The number of rotatable bonds is 3. The number of H-pyrrole nitrogens is 2. The molecule has 2 N–H and O–H groups in total. The highest BCUT2D eigenvalue weighted by atomic mass is 35.5. The van der Waals surface area contributed by atoms with Gasteiger partial charge in [0, 0.05) is 21.5 Å². The van der Waals surface area contributed by atoms with Crippen LogP contribution in [0.25, 0.3) is 33.1 Å². The maximum Gasteiger partial charge on any atom is 0.263 e. The molecule has 0 saturated carbocycles. The first-order valence-electron chi connectivity index (χ1n) is 8.72. The third-order valence-electron chi connectivity index (χ3n) is 4.56. The van der Waals surface area contributed by atoms with Gasteiger partial charge in [-0.15, -0.1) is 0 Å². The minimum Gasteiger partial charge on any atom is -0.333 e. The minimum atomic E-state index is -0.154. The molecule has 3 aromatic carbocycles. The normalized spacial score (nSPS) is 11.3. The van der Waals surface area contributed by atoms with Crippen molar-refractivity contribution >= 4 is 45.3 Å². The van der Waals surface area contributed by atoms with E-state index >= 15 is 0 Å². The largest absolute Gasteiger partial charge is 0.333 e. The number of nitrogens with one attached hydrogen (secondary N) is 2. The van der Waals surface area contributed by atoms with E-state index in [1.807, 2.05) is 66.7 Å². The first-order valence-corrected chi connectivity index (χ1v) is 9.92. The molecule has 2 heterocycles. The highest BCUT2D eigenvalue weighted by Crippen LogP contribution is 2.38. The Morgan fingerprint density at radius 3 is 2.46 bits per heavy atom. The first-order chi connectivity index (χ1) is 13.7. The van der Waals surface area contributed by atoms with Crippen LogP contribution >= 0.6 is 23.4 Å². The van der Waals surface area contributed by atoms with Crippen LogP contribution in [0.2, 0.25) is 5.02 Å². The van der Waals surface area contributed by atoms with Crippen LogP contribution in [0.4, 0.5) is 0 Å². The van der Waals surface area contributed by atoms with Crippen LogP contribution in [0.3, 0.4) is 0 Å². The summed E-state index contributed by atoms with van der Waals surface area (Å²) >= 11 is 7.60. The fourth-order valence-corrected chi connectivity index (χ4v) is 4.45. The van der Waals surface area contributed by atoms with E-state index in [2.05, 4.69) is 15.0 Å². The van der Waals surface area contributed by atoms with Gasteiger partial charge in [-0.25, -0.2) is 4.98 Å². The molecule has 0 unspecified atom stereocenters. The van der Waals surface area contributed by atoms with E-state index in [0.29, 0.717) is 15.1 Å². The van der Waals surface area contributed by atoms with Gasteiger partial charge in [0.15, 0.2) is 5.16 Å². The van der Waals surface area contributed by atoms with Crippen molar-refractivity contribution in [3.8, 4) is 11.1 Å². The summed E-state index contributed by atoms with van der Waals surface area (Å²) in [7, 11) is 0. The number of para-hydroxylation sites is 2. The van der Waals surface area contributed by atoms with Crippen LogP contribution in [-0.2, 0) is 0 Å². The Morgan fingerprint density at radius 1 is 0.857 bits per heavy atom. The van der Waals surface area contributed by atoms with E-state index in [-0.39, 0.29) is 5.56 Å². The summed E-state index contributed by atoms with van der Waals surface area (Å²) in [6.07, 6.45) is 0. The van der Waals surface area contributed by atoms with Gasteiger partial charge in [-0.05, 0) is 47.7 Å². The van der Waals surface area contributed by atoms with Gasteiger partial charge in [0.1, 0.15) is 0 Å². The monoisotopic (exact) mass is 403 g/mol. The Balaban J connectivity index is 1.77. The summed E-state index contributed by atoms with van der Waals surface area (Å²) in [4.78, 5) is 24.4. The van der Waals surface area contributed by atoms with Gasteiger partial charge in [-0.1, -0.05) is 54.1 Å². The lowest BCUT2D eigenvalue weighted by atomic mass is 10.0. The molecule has 5 rings (SSSR count). The molecular formula is C22H14ClN3OS. The van der Waals surface area contributed by atoms with Gasteiger partial charge in [-0.3, -0.25) is 4.79 Å². The standard InChI is InChI=1S/C22H14ClN3OS/c23-14-10-11-16-15(12-14)19(13-6-2-1-3-7-13)20(21(27)24-16)28-22-25-17-8-4-5-9-18(17)26-22/h1-12H,(H,24,27)(H,25,26). The Labute approximate surface area is 169 Å². The molecule has 5 aromatic rings. The summed E-state index contributed by atoms with van der Waals surface area (Å²) < 4.78 is 0. The number of fused-ring (bicyclic) bond motifs is 2. The Morgan fingerprint density at radius 2 is 1.64 bits per heavy atom. The van der Waals surface area contributed by atoms with Crippen molar-refractivity contribution in [1.29, 1.82) is 0 Å². The molecule has 28 heavy (non-hydrogen) atoms. The van der Waals surface area contributed by atoms with Gasteiger partial charge in [0.2, 0.25) is 0 Å². The number of imidazole rings is 1. The van der Waals surface area contributed by atoms with Crippen molar-refractivity contribution in [1.82, 2.24) is 15.0 Å². The second-order valence-corrected chi connectivity index (χ2v) is 7.81. The molecule has 0 saturated heterocycles. The van der Waals surface area contributed by atoms with E-state index < -0.39 is 0 Å². The molecule has 0 atom stereocenters. The first kappa shape index (κ1) is 17.1. The zero-order valence-electron chi connectivity index (χ0n) is 14.6. The predicted molar refractivity (Wildman–Crippen MR) is 115 cm³/mol. The lowest BCUT2D eigenvalue weighted by Crippen LogP contribution is -2.10. The number of halogens is 1. The fraction of sp³-hybridized carbons (Fsp3) is 0. The molecule has 0 aliphatic carbocycles. The second kappa shape index (κ2) is 6.86. The summed E-state index contributed by atoms with van der Waals surface area (Å²) in [6, 6.07) is 23.2. The van der Waals surface area contributed by atoms with Crippen molar-refractivity contribution in [2.45, 2.75) is 10.1 Å². The van der Waals surface area contributed by atoms with Gasteiger partial charge in [0.25, 0.3) is 5.56 Å². The number of nitrogens with zero attached hydrogens (tertiary/aromatic N) is 1. The van der Waals surface area contributed by atoms with Crippen molar-refractivity contribution in [2.24, 2.45) is 0 Å². The van der Waals surface area contributed by atoms with Crippen LogP contribution in [0.15, 0.2) is 87.6 Å². The molecule has 2 aromatic heterocycles. The summed E-state index contributed by atoms with van der Waals surface area (Å²) in [5.41, 5.74) is 4.21. The average Bonchev–Trinajstić information content (AvgIpc) is 3.12. The predicted octanol–water partition coefficient (Wildman–Crippen LogP) is 5.88. The maximum atomic E-state index is 13.0. The van der Waals surface area contributed by atoms with E-state index in [4.69, 9.17) is 11.6 Å². The second-order valence-electron chi connectivity index (χ2n) is 6.38. The van der Waals surface area contributed by atoms with Crippen molar-refractivity contribution in [3.63, 3.8) is 0 Å². The molecule has 0 aliphatic rings. The third-order valence-corrected chi connectivity index (χ3v) is 5.78.